The van der Waals surface area contributed by atoms with E-state index in [0.29, 0.717) is 6.54 Å². The number of hydrogen-bond acceptors (Lipinski definition) is 3. The predicted octanol–water partition coefficient (Wildman–Crippen LogP) is 4.29. The largest absolute Gasteiger partial charge is 0.481 e. The summed E-state index contributed by atoms with van der Waals surface area (Å²) >= 11 is 1.73. The van der Waals surface area contributed by atoms with Crippen LogP contribution in [0.2, 0.25) is 0 Å². The van der Waals surface area contributed by atoms with Crippen LogP contribution in [-0.4, -0.2) is 35.3 Å². The van der Waals surface area contributed by atoms with Crippen molar-refractivity contribution in [3.63, 3.8) is 0 Å². The Morgan fingerprint density at radius 1 is 1.12 bits per heavy atom. The molecule has 0 radical (unpaired) electrons. The lowest BCUT2D eigenvalue weighted by atomic mass is 9.91. The highest BCUT2D eigenvalue weighted by molar-refractivity contribution is 7.98. The molecule has 24 heavy (non-hydrogen) atoms. The van der Waals surface area contributed by atoms with Gasteiger partial charge in [0.15, 0.2) is 0 Å². The maximum absolute atomic E-state index is 11.4. The Labute approximate surface area is 147 Å². The van der Waals surface area contributed by atoms with Crippen LogP contribution in [0.1, 0.15) is 30.0 Å². The third-order valence-corrected chi connectivity index (χ3v) is 5.46. The normalized spacial score (nSPS) is 19.8. The van der Waals surface area contributed by atoms with Crippen LogP contribution in [0.15, 0.2) is 59.5 Å². The van der Waals surface area contributed by atoms with Crippen molar-refractivity contribution in [2.45, 2.75) is 23.8 Å². The first-order valence-corrected chi connectivity index (χ1v) is 9.57. The molecule has 4 heteroatoms. The van der Waals surface area contributed by atoms with Crippen LogP contribution >= 0.6 is 11.8 Å². The topological polar surface area (TPSA) is 40.5 Å². The SMILES string of the molecule is CSc1ccc(C(c2ccccc2)N2CCCC(C(=O)O)C2)cc1. The molecule has 0 amide bonds. The van der Waals surface area contributed by atoms with Crippen molar-refractivity contribution in [1.29, 1.82) is 0 Å². The molecule has 2 atom stereocenters. The van der Waals surface area contributed by atoms with Crippen LogP contribution in [0, 0.1) is 5.92 Å². The number of hydrogen-bond donors (Lipinski definition) is 1. The minimum absolute atomic E-state index is 0.115. The molecule has 0 aromatic heterocycles. The van der Waals surface area contributed by atoms with Gasteiger partial charge in [0, 0.05) is 11.4 Å². The van der Waals surface area contributed by atoms with E-state index < -0.39 is 5.97 Å². The molecule has 1 saturated heterocycles. The summed E-state index contributed by atoms with van der Waals surface area (Å²) in [5.74, 6) is -0.945. The minimum atomic E-state index is -0.677. The number of likely N-dealkylation sites (tertiary alicyclic amines) is 1. The first kappa shape index (κ1) is 17.1. The summed E-state index contributed by atoms with van der Waals surface area (Å²) in [6.45, 7) is 1.55. The number of piperidine rings is 1. The highest BCUT2D eigenvalue weighted by atomic mass is 32.2. The number of carboxylic acids is 1. The van der Waals surface area contributed by atoms with Gasteiger partial charge in [0.1, 0.15) is 0 Å². The molecule has 0 saturated carbocycles. The van der Waals surface area contributed by atoms with E-state index in [1.165, 1.54) is 16.0 Å². The van der Waals surface area contributed by atoms with Crippen molar-refractivity contribution in [3.8, 4) is 0 Å². The molecule has 2 unspecified atom stereocenters. The minimum Gasteiger partial charge on any atom is -0.481 e. The van der Waals surface area contributed by atoms with E-state index >= 15 is 0 Å². The maximum Gasteiger partial charge on any atom is 0.307 e. The van der Waals surface area contributed by atoms with Gasteiger partial charge < -0.3 is 5.11 Å². The quantitative estimate of drug-likeness (QED) is 0.824. The summed E-state index contributed by atoms with van der Waals surface area (Å²) in [5.41, 5.74) is 2.45. The molecule has 1 heterocycles. The Morgan fingerprint density at radius 2 is 1.79 bits per heavy atom. The van der Waals surface area contributed by atoms with Gasteiger partial charge in [0.25, 0.3) is 0 Å². The molecule has 1 fully saturated rings. The third kappa shape index (κ3) is 3.82. The van der Waals surface area contributed by atoms with Gasteiger partial charge >= 0.3 is 5.97 Å². The molecule has 1 aliphatic rings. The van der Waals surface area contributed by atoms with E-state index in [4.69, 9.17) is 0 Å². The van der Waals surface area contributed by atoms with Crippen LogP contribution < -0.4 is 0 Å². The summed E-state index contributed by atoms with van der Waals surface area (Å²) in [6.07, 6.45) is 3.79. The van der Waals surface area contributed by atoms with E-state index in [-0.39, 0.29) is 12.0 Å². The molecule has 0 aliphatic carbocycles. The zero-order chi connectivity index (χ0) is 16.9. The van der Waals surface area contributed by atoms with Crippen LogP contribution in [0.5, 0.6) is 0 Å². The zero-order valence-electron chi connectivity index (χ0n) is 13.9. The van der Waals surface area contributed by atoms with E-state index in [1.807, 2.05) is 6.07 Å². The van der Waals surface area contributed by atoms with Crippen molar-refractivity contribution in [1.82, 2.24) is 4.90 Å². The van der Waals surface area contributed by atoms with Crippen LogP contribution in [-0.2, 0) is 4.79 Å². The van der Waals surface area contributed by atoms with Crippen LogP contribution in [0.3, 0.4) is 0 Å². The van der Waals surface area contributed by atoms with Gasteiger partial charge in [-0.2, -0.15) is 0 Å². The first-order valence-electron chi connectivity index (χ1n) is 8.35. The third-order valence-electron chi connectivity index (χ3n) is 4.71. The molecule has 126 valence electrons. The second-order valence-electron chi connectivity index (χ2n) is 6.26. The Morgan fingerprint density at radius 3 is 2.42 bits per heavy atom. The van der Waals surface area contributed by atoms with Gasteiger partial charge in [-0.25, -0.2) is 0 Å². The fraction of sp³-hybridized carbons (Fsp3) is 0.350. The number of benzene rings is 2. The van der Waals surface area contributed by atoms with Crippen molar-refractivity contribution in [2.75, 3.05) is 19.3 Å². The van der Waals surface area contributed by atoms with Gasteiger partial charge in [-0.3, -0.25) is 9.69 Å². The molecule has 0 spiro atoms. The average Bonchev–Trinajstić information content (AvgIpc) is 2.64. The van der Waals surface area contributed by atoms with Gasteiger partial charge in [-0.05, 0) is 48.9 Å². The Hall–Kier alpha value is -1.78. The fourth-order valence-corrected chi connectivity index (χ4v) is 3.89. The van der Waals surface area contributed by atoms with Gasteiger partial charge in [-0.1, -0.05) is 42.5 Å². The zero-order valence-corrected chi connectivity index (χ0v) is 14.7. The monoisotopic (exact) mass is 341 g/mol. The summed E-state index contributed by atoms with van der Waals surface area (Å²) in [5, 5.41) is 9.42. The van der Waals surface area contributed by atoms with Crippen molar-refractivity contribution in [2.24, 2.45) is 5.92 Å². The molecular formula is C20H23NO2S. The number of carboxylic acid groups (broad SMARTS) is 1. The average molecular weight is 341 g/mol. The van der Waals surface area contributed by atoms with E-state index in [1.54, 1.807) is 11.8 Å². The Kier molecular flexibility index (Phi) is 5.59. The standard InChI is InChI=1S/C20H23NO2S/c1-24-18-11-9-16(10-12-18)19(15-6-3-2-4-7-15)21-13-5-8-17(14-21)20(22)23/h2-4,6-7,9-12,17,19H,5,8,13-14H2,1H3,(H,22,23). The molecule has 0 bridgehead atoms. The molecular weight excluding hydrogens is 318 g/mol. The molecule has 3 nitrogen and oxygen atoms in total. The van der Waals surface area contributed by atoms with E-state index in [9.17, 15) is 9.90 Å². The summed E-state index contributed by atoms with van der Waals surface area (Å²) < 4.78 is 0. The lowest BCUT2D eigenvalue weighted by Gasteiger charge is -2.37. The fourth-order valence-electron chi connectivity index (χ4n) is 3.48. The molecule has 1 aliphatic heterocycles. The molecule has 3 rings (SSSR count). The lowest BCUT2D eigenvalue weighted by molar-refractivity contribution is -0.143. The number of rotatable bonds is 5. The Bertz CT molecular complexity index is 672. The van der Waals surface area contributed by atoms with Gasteiger partial charge in [-0.15, -0.1) is 11.8 Å². The van der Waals surface area contributed by atoms with Gasteiger partial charge in [0.05, 0.1) is 12.0 Å². The summed E-state index contributed by atoms with van der Waals surface area (Å²) in [7, 11) is 0. The van der Waals surface area contributed by atoms with Crippen molar-refractivity contribution < 1.29 is 9.90 Å². The molecule has 2 aromatic carbocycles. The highest BCUT2D eigenvalue weighted by Crippen LogP contribution is 2.33. The first-order chi connectivity index (χ1) is 11.7. The van der Waals surface area contributed by atoms with Crippen LogP contribution in [0.4, 0.5) is 0 Å². The van der Waals surface area contributed by atoms with Gasteiger partial charge in [0.2, 0.25) is 0 Å². The Balaban J connectivity index is 1.94. The second-order valence-corrected chi connectivity index (χ2v) is 7.14. The van der Waals surface area contributed by atoms with Crippen molar-refractivity contribution in [3.05, 3.63) is 65.7 Å². The molecule has 1 N–H and O–H groups in total. The number of thioether (sulfide) groups is 1. The smallest absolute Gasteiger partial charge is 0.307 e. The van der Waals surface area contributed by atoms with E-state index in [0.717, 1.165) is 19.4 Å². The molecule has 2 aromatic rings. The van der Waals surface area contributed by atoms with E-state index in [2.05, 4.69) is 59.7 Å². The summed E-state index contributed by atoms with van der Waals surface area (Å²) in [4.78, 5) is 15.0. The number of nitrogens with zero attached hydrogens (tertiary/aromatic N) is 1. The lowest BCUT2D eigenvalue weighted by Crippen LogP contribution is -2.41. The van der Waals surface area contributed by atoms with Crippen molar-refractivity contribution >= 4 is 17.7 Å². The predicted molar refractivity (Wildman–Crippen MR) is 98.4 cm³/mol. The second kappa shape index (κ2) is 7.86. The van der Waals surface area contributed by atoms with Crippen LogP contribution in [0.25, 0.3) is 0 Å². The number of carbonyl (C=O) groups is 1. The number of aliphatic carboxylic acids is 1. The highest BCUT2D eigenvalue weighted by Gasteiger charge is 2.31. The maximum atomic E-state index is 11.4. The summed E-state index contributed by atoms with van der Waals surface area (Å²) in [6, 6.07) is 19.2.